The Labute approximate surface area is 172 Å². The van der Waals surface area contributed by atoms with Crippen LogP contribution in [0.15, 0.2) is 60.8 Å². The molecule has 1 N–H and O–H groups in total. The quantitative estimate of drug-likeness (QED) is 0.729. The van der Waals surface area contributed by atoms with Gasteiger partial charge in [0.05, 0.1) is 44.0 Å². The van der Waals surface area contributed by atoms with Crippen molar-refractivity contribution in [1.29, 1.82) is 0 Å². The summed E-state index contributed by atoms with van der Waals surface area (Å²) in [5.41, 5.74) is 4.54. The van der Waals surface area contributed by atoms with Gasteiger partial charge in [0.2, 0.25) is 0 Å². The first-order valence-corrected chi connectivity index (χ1v) is 10.5. The lowest BCUT2D eigenvalue weighted by molar-refractivity contribution is -0.904. The normalized spacial score (nSPS) is 14.9. The summed E-state index contributed by atoms with van der Waals surface area (Å²) in [4.78, 5) is 17.1. The van der Waals surface area contributed by atoms with Crippen molar-refractivity contribution in [2.45, 2.75) is 20.3 Å². The maximum atomic E-state index is 13.5. The summed E-state index contributed by atoms with van der Waals surface area (Å²) < 4.78 is 1.83. The van der Waals surface area contributed by atoms with Gasteiger partial charge in [-0.1, -0.05) is 49.4 Å². The third-order valence-corrected chi connectivity index (χ3v) is 5.73. The van der Waals surface area contributed by atoms with Gasteiger partial charge in [-0.05, 0) is 31.0 Å². The molecule has 0 unspecified atom stereocenters. The van der Waals surface area contributed by atoms with E-state index in [9.17, 15) is 4.79 Å². The van der Waals surface area contributed by atoms with Crippen molar-refractivity contribution in [3.63, 3.8) is 0 Å². The highest BCUT2D eigenvalue weighted by Crippen LogP contribution is 2.27. The van der Waals surface area contributed by atoms with Crippen LogP contribution >= 0.6 is 0 Å². The van der Waals surface area contributed by atoms with Crippen molar-refractivity contribution >= 4 is 5.91 Å². The lowest BCUT2D eigenvalue weighted by Crippen LogP contribution is -3.14. The largest absolute Gasteiger partial charge is 0.332 e. The summed E-state index contributed by atoms with van der Waals surface area (Å²) in [5.74, 6) is 0.0842. The number of hydrogen-bond acceptors (Lipinski definition) is 2. The average Bonchev–Trinajstić information content (AvgIpc) is 3.20. The number of nitrogens with zero attached hydrogens (tertiary/aromatic N) is 3. The molecule has 2 heterocycles. The monoisotopic (exact) mass is 389 g/mol. The van der Waals surface area contributed by atoms with E-state index in [0.29, 0.717) is 5.56 Å². The van der Waals surface area contributed by atoms with Crippen LogP contribution in [0.2, 0.25) is 0 Å². The van der Waals surface area contributed by atoms with Crippen LogP contribution in [-0.4, -0.2) is 53.3 Å². The molecule has 1 aliphatic rings. The number of amides is 1. The summed E-state index contributed by atoms with van der Waals surface area (Å²) in [7, 11) is 0. The lowest BCUT2D eigenvalue weighted by atomic mass is 10.0. The molecule has 0 saturated carbocycles. The fourth-order valence-corrected chi connectivity index (χ4v) is 4.08. The van der Waals surface area contributed by atoms with Crippen LogP contribution in [0.4, 0.5) is 0 Å². The molecule has 1 aromatic heterocycles. The highest BCUT2D eigenvalue weighted by atomic mass is 16.2. The van der Waals surface area contributed by atoms with Gasteiger partial charge < -0.3 is 9.80 Å². The predicted octanol–water partition coefficient (Wildman–Crippen LogP) is 2.60. The van der Waals surface area contributed by atoms with E-state index in [1.54, 1.807) is 4.90 Å². The minimum Gasteiger partial charge on any atom is -0.332 e. The van der Waals surface area contributed by atoms with Crippen molar-refractivity contribution in [3.05, 3.63) is 71.9 Å². The molecular formula is C24H29N4O+. The van der Waals surface area contributed by atoms with Crippen LogP contribution in [-0.2, 0) is 0 Å². The molecule has 5 nitrogen and oxygen atoms in total. The minimum atomic E-state index is 0.0842. The van der Waals surface area contributed by atoms with Crippen LogP contribution in [0.5, 0.6) is 0 Å². The number of aromatic nitrogens is 2. The van der Waals surface area contributed by atoms with Crippen molar-refractivity contribution in [3.8, 4) is 16.9 Å². The van der Waals surface area contributed by atoms with E-state index < -0.39 is 0 Å². The van der Waals surface area contributed by atoms with E-state index >= 15 is 0 Å². The van der Waals surface area contributed by atoms with Crippen molar-refractivity contribution < 1.29 is 9.69 Å². The van der Waals surface area contributed by atoms with Crippen molar-refractivity contribution in [2.75, 3.05) is 32.7 Å². The number of nitrogens with one attached hydrogen (secondary N) is 1. The Morgan fingerprint density at radius 3 is 2.41 bits per heavy atom. The molecule has 3 aromatic rings. The maximum absolute atomic E-state index is 13.5. The molecule has 0 spiro atoms. The number of benzene rings is 2. The third kappa shape index (κ3) is 4.10. The van der Waals surface area contributed by atoms with Gasteiger partial charge in [0.15, 0.2) is 0 Å². The van der Waals surface area contributed by atoms with E-state index in [2.05, 4.69) is 19.9 Å². The standard InChI is InChI=1S/C24H28N4O/c1-3-13-26-14-16-27(17-15-26)24(29)22-18-28(20-10-5-4-6-11-20)25-23(22)21-12-8-7-9-19(21)2/h4-12,18H,3,13-17H2,1-2H3/p+1. The Balaban J connectivity index is 1.69. The smallest absolute Gasteiger partial charge is 0.258 e. The van der Waals surface area contributed by atoms with Crippen LogP contribution in [0.1, 0.15) is 29.3 Å². The highest BCUT2D eigenvalue weighted by Gasteiger charge is 2.28. The van der Waals surface area contributed by atoms with E-state index in [4.69, 9.17) is 5.10 Å². The summed E-state index contributed by atoms with van der Waals surface area (Å²) in [6.07, 6.45) is 3.08. The van der Waals surface area contributed by atoms with Crippen LogP contribution in [0.25, 0.3) is 16.9 Å². The SMILES string of the molecule is CCC[NH+]1CCN(C(=O)c2cn(-c3ccccc3)nc2-c2ccccc2C)CC1. The highest BCUT2D eigenvalue weighted by molar-refractivity contribution is 6.00. The van der Waals surface area contributed by atoms with Gasteiger partial charge in [-0.2, -0.15) is 5.10 Å². The second kappa shape index (κ2) is 8.62. The maximum Gasteiger partial charge on any atom is 0.258 e. The summed E-state index contributed by atoms with van der Waals surface area (Å²) in [5, 5.41) is 4.84. The number of aryl methyl sites for hydroxylation is 1. The molecule has 0 aliphatic carbocycles. The average molecular weight is 390 g/mol. The van der Waals surface area contributed by atoms with Crippen molar-refractivity contribution in [2.24, 2.45) is 0 Å². The van der Waals surface area contributed by atoms with Crippen LogP contribution in [0, 0.1) is 6.92 Å². The number of para-hydroxylation sites is 1. The Morgan fingerprint density at radius 1 is 1.03 bits per heavy atom. The van der Waals surface area contributed by atoms with Gasteiger partial charge in [0.25, 0.3) is 5.91 Å². The summed E-state index contributed by atoms with van der Waals surface area (Å²) >= 11 is 0. The fraction of sp³-hybridized carbons (Fsp3) is 0.333. The Bertz CT molecular complexity index is 972. The fourth-order valence-electron chi connectivity index (χ4n) is 4.08. The second-order valence-electron chi connectivity index (χ2n) is 7.78. The molecule has 1 aliphatic heterocycles. The van der Waals surface area contributed by atoms with Crippen LogP contribution in [0.3, 0.4) is 0 Å². The molecule has 1 fully saturated rings. The topological polar surface area (TPSA) is 42.6 Å². The zero-order valence-electron chi connectivity index (χ0n) is 17.3. The first-order chi connectivity index (χ1) is 14.2. The molecular weight excluding hydrogens is 360 g/mol. The van der Waals surface area contributed by atoms with E-state index in [1.807, 2.05) is 64.3 Å². The number of rotatable bonds is 5. The zero-order valence-corrected chi connectivity index (χ0v) is 17.3. The Morgan fingerprint density at radius 2 is 1.72 bits per heavy atom. The van der Waals surface area contributed by atoms with E-state index in [0.717, 1.165) is 48.7 Å². The van der Waals surface area contributed by atoms with E-state index in [-0.39, 0.29) is 5.91 Å². The number of carbonyl (C=O) groups is 1. The van der Waals surface area contributed by atoms with Gasteiger partial charge in [-0.3, -0.25) is 4.79 Å². The third-order valence-electron chi connectivity index (χ3n) is 5.73. The van der Waals surface area contributed by atoms with Crippen LogP contribution < -0.4 is 4.90 Å². The number of hydrogen-bond donors (Lipinski definition) is 1. The van der Waals surface area contributed by atoms with Gasteiger partial charge >= 0.3 is 0 Å². The first kappa shape index (κ1) is 19.4. The van der Waals surface area contributed by atoms with E-state index in [1.165, 1.54) is 13.0 Å². The minimum absolute atomic E-state index is 0.0842. The zero-order chi connectivity index (χ0) is 20.2. The summed E-state index contributed by atoms with van der Waals surface area (Å²) in [6.45, 7) is 9.12. The molecule has 0 bridgehead atoms. The number of quaternary nitrogens is 1. The van der Waals surface area contributed by atoms with Crippen molar-refractivity contribution in [1.82, 2.24) is 14.7 Å². The molecule has 150 valence electrons. The van der Waals surface area contributed by atoms with Gasteiger partial charge in [0.1, 0.15) is 5.69 Å². The Hall–Kier alpha value is -2.92. The van der Waals surface area contributed by atoms with Gasteiger partial charge in [-0.25, -0.2) is 4.68 Å². The summed E-state index contributed by atoms with van der Waals surface area (Å²) in [6, 6.07) is 18.1. The number of piperazine rings is 1. The molecule has 5 heteroatoms. The molecule has 2 aromatic carbocycles. The molecule has 1 saturated heterocycles. The number of carbonyl (C=O) groups excluding carboxylic acids is 1. The molecule has 0 radical (unpaired) electrons. The molecule has 29 heavy (non-hydrogen) atoms. The van der Waals surface area contributed by atoms with Gasteiger partial charge in [-0.15, -0.1) is 0 Å². The molecule has 4 rings (SSSR count). The lowest BCUT2D eigenvalue weighted by Gasteiger charge is -2.32. The second-order valence-corrected chi connectivity index (χ2v) is 7.78. The Kier molecular flexibility index (Phi) is 5.76. The predicted molar refractivity (Wildman–Crippen MR) is 115 cm³/mol. The molecule has 0 atom stereocenters. The molecule has 1 amide bonds. The van der Waals surface area contributed by atoms with Gasteiger partial charge in [0, 0.05) is 11.8 Å². The first-order valence-electron chi connectivity index (χ1n) is 10.5.